The van der Waals surface area contributed by atoms with Crippen molar-refractivity contribution >= 4 is 39.6 Å². The van der Waals surface area contributed by atoms with E-state index in [1.165, 1.54) is 6.21 Å². The standard InChI is InChI=1S/C22H18BrN3O3/c23-18-11-5-6-12-19(18)25-21(27)22(28)26-24-14-17-10-4-7-13-20(17)29-15-16-8-2-1-3-9-16/h1-14H,15H2,(H,25,27)(H,26,28)/b24-14+. The first-order valence-electron chi connectivity index (χ1n) is 8.78. The molecule has 0 aliphatic heterocycles. The fraction of sp³-hybridized carbons (Fsp3) is 0.0455. The minimum Gasteiger partial charge on any atom is -0.488 e. The van der Waals surface area contributed by atoms with Crippen LogP contribution in [0.3, 0.4) is 0 Å². The molecule has 0 aliphatic carbocycles. The monoisotopic (exact) mass is 451 g/mol. The Balaban J connectivity index is 1.58. The average Bonchev–Trinajstić information content (AvgIpc) is 2.75. The number of anilines is 1. The van der Waals surface area contributed by atoms with Crippen LogP contribution in [0, 0.1) is 0 Å². The van der Waals surface area contributed by atoms with Crippen molar-refractivity contribution in [2.75, 3.05) is 5.32 Å². The highest BCUT2D eigenvalue weighted by Crippen LogP contribution is 2.21. The highest BCUT2D eigenvalue weighted by atomic mass is 79.9. The molecule has 6 nitrogen and oxygen atoms in total. The maximum absolute atomic E-state index is 12.0. The highest BCUT2D eigenvalue weighted by Gasteiger charge is 2.14. The molecule has 3 aromatic rings. The molecule has 146 valence electrons. The van der Waals surface area contributed by atoms with E-state index in [1.54, 1.807) is 30.3 Å². The number of rotatable bonds is 6. The van der Waals surface area contributed by atoms with E-state index >= 15 is 0 Å². The van der Waals surface area contributed by atoms with Crippen molar-refractivity contribution in [3.05, 3.63) is 94.5 Å². The Morgan fingerprint density at radius 1 is 0.897 bits per heavy atom. The number of halogens is 1. The van der Waals surface area contributed by atoms with Gasteiger partial charge in [0.15, 0.2) is 0 Å². The van der Waals surface area contributed by atoms with Gasteiger partial charge in [0, 0.05) is 10.0 Å². The second kappa shape index (κ2) is 10.2. The first kappa shape index (κ1) is 20.3. The predicted molar refractivity (Wildman–Crippen MR) is 116 cm³/mol. The van der Waals surface area contributed by atoms with Crippen molar-refractivity contribution in [2.45, 2.75) is 6.61 Å². The summed E-state index contributed by atoms with van der Waals surface area (Å²) in [4.78, 5) is 24.0. The van der Waals surface area contributed by atoms with Gasteiger partial charge in [-0.1, -0.05) is 54.6 Å². The van der Waals surface area contributed by atoms with Crippen LogP contribution in [0.1, 0.15) is 11.1 Å². The molecule has 0 aromatic heterocycles. The lowest BCUT2D eigenvalue weighted by atomic mass is 10.2. The fourth-order valence-corrected chi connectivity index (χ4v) is 2.79. The molecular formula is C22H18BrN3O3. The summed E-state index contributed by atoms with van der Waals surface area (Å²) in [7, 11) is 0. The summed E-state index contributed by atoms with van der Waals surface area (Å²) in [5.41, 5.74) is 4.43. The molecule has 0 atom stereocenters. The highest BCUT2D eigenvalue weighted by molar-refractivity contribution is 9.10. The molecule has 0 fully saturated rings. The maximum atomic E-state index is 12.0. The van der Waals surface area contributed by atoms with Gasteiger partial charge in [0.05, 0.1) is 11.9 Å². The summed E-state index contributed by atoms with van der Waals surface area (Å²) in [5.74, 6) is -1.07. The van der Waals surface area contributed by atoms with Gasteiger partial charge in [0.2, 0.25) is 0 Å². The number of hydrazone groups is 1. The first-order chi connectivity index (χ1) is 14.1. The second-order valence-corrected chi connectivity index (χ2v) is 6.80. The smallest absolute Gasteiger partial charge is 0.329 e. The average molecular weight is 452 g/mol. The molecule has 7 heteroatoms. The van der Waals surface area contributed by atoms with Crippen LogP contribution in [0.4, 0.5) is 5.69 Å². The zero-order valence-corrected chi connectivity index (χ0v) is 16.9. The van der Waals surface area contributed by atoms with Crippen molar-refractivity contribution in [2.24, 2.45) is 5.10 Å². The topological polar surface area (TPSA) is 79.8 Å². The Morgan fingerprint density at radius 2 is 1.59 bits per heavy atom. The van der Waals surface area contributed by atoms with Crippen LogP contribution < -0.4 is 15.5 Å². The Morgan fingerprint density at radius 3 is 2.38 bits per heavy atom. The van der Waals surface area contributed by atoms with E-state index in [-0.39, 0.29) is 0 Å². The zero-order chi connectivity index (χ0) is 20.5. The van der Waals surface area contributed by atoms with Crippen LogP contribution >= 0.6 is 15.9 Å². The van der Waals surface area contributed by atoms with E-state index in [9.17, 15) is 9.59 Å². The number of hydrogen-bond donors (Lipinski definition) is 2. The number of para-hydroxylation sites is 2. The number of benzene rings is 3. The van der Waals surface area contributed by atoms with Crippen LogP contribution in [0.5, 0.6) is 5.75 Å². The molecule has 0 saturated carbocycles. The van der Waals surface area contributed by atoms with Crippen molar-refractivity contribution in [1.29, 1.82) is 0 Å². The van der Waals surface area contributed by atoms with E-state index in [2.05, 4.69) is 31.8 Å². The molecular weight excluding hydrogens is 434 g/mol. The third-order valence-electron chi connectivity index (χ3n) is 3.85. The van der Waals surface area contributed by atoms with Crippen molar-refractivity contribution in [3.8, 4) is 5.75 Å². The second-order valence-electron chi connectivity index (χ2n) is 5.95. The van der Waals surface area contributed by atoms with Gasteiger partial charge in [0.1, 0.15) is 12.4 Å². The predicted octanol–water partition coefficient (Wildman–Crippen LogP) is 4.12. The van der Waals surface area contributed by atoms with E-state index < -0.39 is 11.8 Å². The van der Waals surface area contributed by atoms with Gasteiger partial charge >= 0.3 is 11.8 Å². The summed E-state index contributed by atoms with van der Waals surface area (Å²) in [5, 5.41) is 6.38. The Hall–Kier alpha value is -3.45. The lowest BCUT2D eigenvalue weighted by molar-refractivity contribution is -0.136. The summed E-state index contributed by atoms with van der Waals surface area (Å²) in [6.07, 6.45) is 1.43. The van der Waals surface area contributed by atoms with Crippen LogP contribution in [-0.2, 0) is 16.2 Å². The number of ether oxygens (including phenoxy) is 1. The quantitative estimate of drug-likeness (QED) is 0.336. The number of carbonyl (C=O) groups excluding carboxylic acids is 2. The van der Waals surface area contributed by atoms with Crippen LogP contribution in [0.15, 0.2) is 88.4 Å². The van der Waals surface area contributed by atoms with E-state index in [0.717, 1.165) is 5.56 Å². The molecule has 29 heavy (non-hydrogen) atoms. The third kappa shape index (κ3) is 6.02. The van der Waals surface area contributed by atoms with E-state index in [0.29, 0.717) is 28.1 Å². The van der Waals surface area contributed by atoms with E-state index in [4.69, 9.17) is 4.74 Å². The lowest BCUT2D eigenvalue weighted by Crippen LogP contribution is -2.32. The molecule has 0 bridgehead atoms. The van der Waals surface area contributed by atoms with Crippen molar-refractivity contribution in [1.82, 2.24) is 5.43 Å². The fourth-order valence-electron chi connectivity index (χ4n) is 2.41. The van der Waals surface area contributed by atoms with Gasteiger partial charge in [-0.15, -0.1) is 0 Å². The van der Waals surface area contributed by atoms with Gasteiger partial charge in [-0.25, -0.2) is 5.43 Å². The van der Waals surface area contributed by atoms with Crippen LogP contribution in [0.2, 0.25) is 0 Å². The molecule has 0 spiro atoms. The minimum absolute atomic E-state index is 0.409. The molecule has 3 aromatic carbocycles. The molecule has 0 radical (unpaired) electrons. The molecule has 2 amide bonds. The van der Waals surface area contributed by atoms with Gasteiger partial charge in [-0.2, -0.15) is 5.10 Å². The largest absolute Gasteiger partial charge is 0.488 e. The van der Waals surface area contributed by atoms with Crippen LogP contribution in [-0.4, -0.2) is 18.0 Å². The normalized spacial score (nSPS) is 10.5. The Kier molecular flexibility index (Phi) is 7.13. The van der Waals surface area contributed by atoms with Gasteiger partial charge in [-0.3, -0.25) is 9.59 Å². The molecule has 0 unspecified atom stereocenters. The van der Waals surface area contributed by atoms with Crippen molar-refractivity contribution in [3.63, 3.8) is 0 Å². The number of nitrogens with zero attached hydrogens (tertiary/aromatic N) is 1. The van der Waals surface area contributed by atoms with E-state index in [1.807, 2.05) is 48.5 Å². The molecule has 3 rings (SSSR count). The number of hydrogen-bond acceptors (Lipinski definition) is 4. The summed E-state index contributed by atoms with van der Waals surface area (Å²) in [6, 6.07) is 24.1. The first-order valence-corrected chi connectivity index (χ1v) is 9.57. The maximum Gasteiger partial charge on any atom is 0.329 e. The molecule has 2 N–H and O–H groups in total. The van der Waals surface area contributed by atoms with Gasteiger partial charge < -0.3 is 10.1 Å². The molecule has 0 saturated heterocycles. The van der Waals surface area contributed by atoms with Crippen molar-refractivity contribution < 1.29 is 14.3 Å². The van der Waals surface area contributed by atoms with Crippen LogP contribution in [0.25, 0.3) is 0 Å². The third-order valence-corrected chi connectivity index (χ3v) is 4.55. The molecule has 0 heterocycles. The lowest BCUT2D eigenvalue weighted by Gasteiger charge is -2.09. The number of nitrogens with one attached hydrogen (secondary N) is 2. The number of amides is 2. The summed E-state index contributed by atoms with van der Waals surface area (Å²) < 4.78 is 6.51. The number of carbonyl (C=O) groups is 2. The molecule has 0 aliphatic rings. The van der Waals surface area contributed by atoms with Gasteiger partial charge in [-0.05, 0) is 45.8 Å². The Labute approximate surface area is 176 Å². The summed E-state index contributed by atoms with van der Waals surface area (Å²) in [6.45, 7) is 0.409. The zero-order valence-electron chi connectivity index (χ0n) is 15.3. The minimum atomic E-state index is -0.875. The summed E-state index contributed by atoms with van der Waals surface area (Å²) >= 11 is 3.31. The van der Waals surface area contributed by atoms with Gasteiger partial charge in [0.25, 0.3) is 0 Å². The Bertz CT molecular complexity index is 1020. The SMILES string of the molecule is O=C(N/N=C/c1ccccc1OCc1ccccc1)C(=O)Nc1ccccc1Br.